The minimum Gasteiger partial charge on any atom is -0.370 e. The lowest BCUT2D eigenvalue weighted by Crippen LogP contribution is -2.32. The molecule has 0 radical (unpaired) electrons. The number of likely N-dealkylation sites (N-methyl/N-ethyl adjacent to an activating group) is 1. The van der Waals surface area contributed by atoms with Crippen LogP contribution in [0.1, 0.15) is 55.8 Å². The number of rotatable bonds is 4. The lowest BCUT2D eigenvalue weighted by Gasteiger charge is -2.34. The van der Waals surface area contributed by atoms with Gasteiger partial charge in [-0.3, -0.25) is 4.79 Å². The number of carbonyl (C=O) groups excluding carboxylic acids is 1. The Hall–Kier alpha value is -1.52. The van der Waals surface area contributed by atoms with E-state index in [-0.39, 0.29) is 11.9 Å². The Bertz CT molecular complexity index is 822. The molecule has 2 aliphatic rings. The molecule has 2 heterocycles. The lowest BCUT2D eigenvalue weighted by molar-refractivity contribution is -0.119. The monoisotopic (exact) mass is 373 g/mol. The molecule has 1 aliphatic heterocycles. The lowest BCUT2D eigenvalue weighted by atomic mass is 9.82. The molecule has 0 spiro atoms. The highest BCUT2D eigenvalue weighted by Gasteiger charge is 2.32. The summed E-state index contributed by atoms with van der Waals surface area (Å²) in [4.78, 5) is 14.3. The van der Waals surface area contributed by atoms with E-state index in [0.717, 1.165) is 24.5 Å². The van der Waals surface area contributed by atoms with Crippen molar-refractivity contribution in [2.75, 3.05) is 13.6 Å². The maximum atomic E-state index is 11.9. The minimum absolute atomic E-state index is 0.159. The van der Waals surface area contributed by atoms with Gasteiger partial charge in [0.1, 0.15) is 0 Å². The third kappa shape index (κ3) is 3.25. The van der Waals surface area contributed by atoms with Crippen LogP contribution in [0, 0.1) is 5.92 Å². The third-order valence-corrected chi connectivity index (χ3v) is 6.52. The van der Waals surface area contributed by atoms with Crippen LogP contribution in [0.5, 0.6) is 0 Å². The zero-order valence-electron chi connectivity index (χ0n) is 15.5. The Labute approximate surface area is 160 Å². The second-order valence-electron chi connectivity index (χ2n) is 8.08. The minimum atomic E-state index is -0.200. The molecular formula is C21H28ClN3O. The number of halogens is 1. The first kappa shape index (κ1) is 17.9. The van der Waals surface area contributed by atoms with Crippen LogP contribution in [0.3, 0.4) is 0 Å². The van der Waals surface area contributed by atoms with E-state index in [2.05, 4.69) is 28.6 Å². The van der Waals surface area contributed by atoms with Gasteiger partial charge < -0.3 is 15.2 Å². The summed E-state index contributed by atoms with van der Waals surface area (Å²) in [6.07, 6.45) is 7.66. The molecular weight excluding hydrogens is 346 g/mol. The highest BCUT2D eigenvalue weighted by molar-refractivity contribution is 6.31. The van der Waals surface area contributed by atoms with Gasteiger partial charge in [-0.05, 0) is 56.0 Å². The molecule has 1 atom stereocenters. The Morgan fingerprint density at radius 3 is 2.81 bits per heavy atom. The van der Waals surface area contributed by atoms with Gasteiger partial charge in [-0.1, -0.05) is 30.9 Å². The highest BCUT2D eigenvalue weighted by atomic mass is 35.5. The second-order valence-corrected chi connectivity index (χ2v) is 8.52. The number of carbonyl (C=O) groups is 1. The van der Waals surface area contributed by atoms with Gasteiger partial charge in [0.2, 0.25) is 5.91 Å². The zero-order valence-corrected chi connectivity index (χ0v) is 16.3. The van der Waals surface area contributed by atoms with Gasteiger partial charge in [-0.25, -0.2) is 0 Å². The molecule has 1 aromatic carbocycles. The molecule has 1 aliphatic carbocycles. The van der Waals surface area contributed by atoms with Crippen LogP contribution in [0.25, 0.3) is 10.9 Å². The van der Waals surface area contributed by atoms with E-state index in [4.69, 9.17) is 17.3 Å². The number of aromatic nitrogens is 1. The number of fused-ring (bicyclic) bond motifs is 3. The van der Waals surface area contributed by atoms with Crippen molar-refractivity contribution in [2.45, 2.75) is 57.5 Å². The first-order valence-corrected chi connectivity index (χ1v) is 10.2. The number of nitrogens with zero attached hydrogens (tertiary/aromatic N) is 2. The molecule has 2 N–H and O–H groups in total. The SMILES string of the molecule is CN1CCc2c(n(C(CC(N)=O)C3CCCCC3)c3ccc(Cl)cc23)C1. The van der Waals surface area contributed by atoms with Crippen LogP contribution >= 0.6 is 11.6 Å². The van der Waals surface area contributed by atoms with E-state index in [9.17, 15) is 4.79 Å². The van der Waals surface area contributed by atoms with Gasteiger partial charge >= 0.3 is 0 Å². The smallest absolute Gasteiger partial charge is 0.219 e. The summed E-state index contributed by atoms with van der Waals surface area (Å²) in [6.45, 7) is 1.98. The van der Waals surface area contributed by atoms with E-state index in [1.54, 1.807) is 0 Å². The molecule has 26 heavy (non-hydrogen) atoms. The molecule has 4 rings (SSSR count). The third-order valence-electron chi connectivity index (χ3n) is 6.28. The van der Waals surface area contributed by atoms with Crippen molar-refractivity contribution in [3.63, 3.8) is 0 Å². The van der Waals surface area contributed by atoms with Crippen LogP contribution in [-0.2, 0) is 17.8 Å². The van der Waals surface area contributed by atoms with Crippen LogP contribution in [-0.4, -0.2) is 29.0 Å². The number of hydrogen-bond donors (Lipinski definition) is 1. The molecule has 5 heteroatoms. The van der Waals surface area contributed by atoms with Gasteiger partial charge in [-0.15, -0.1) is 0 Å². The van der Waals surface area contributed by atoms with Crippen molar-refractivity contribution < 1.29 is 4.79 Å². The van der Waals surface area contributed by atoms with Crippen molar-refractivity contribution >= 4 is 28.4 Å². The average molecular weight is 374 g/mol. The van der Waals surface area contributed by atoms with Gasteiger partial charge in [-0.2, -0.15) is 0 Å². The highest BCUT2D eigenvalue weighted by Crippen LogP contribution is 2.41. The van der Waals surface area contributed by atoms with Crippen LogP contribution in [0.15, 0.2) is 18.2 Å². The molecule has 1 fully saturated rings. The summed E-state index contributed by atoms with van der Waals surface area (Å²) >= 11 is 6.32. The van der Waals surface area contributed by atoms with Crippen molar-refractivity contribution in [3.8, 4) is 0 Å². The Kier molecular flexibility index (Phi) is 4.98. The molecule has 2 aromatic rings. The summed E-state index contributed by atoms with van der Waals surface area (Å²) in [5, 5.41) is 2.03. The number of amides is 1. The van der Waals surface area contributed by atoms with Crippen molar-refractivity contribution in [2.24, 2.45) is 11.7 Å². The normalized spacial score (nSPS) is 20.2. The molecule has 1 aromatic heterocycles. The number of nitrogens with two attached hydrogens (primary N) is 1. The Balaban J connectivity index is 1.89. The number of primary amides is 1. The van der Waals surface area contributed by atoms with E-state index in [1.165, 1.54) is 54.3 Å². The predicted molar refractivity (Wildman–Crippen MR) is 106 cm³/mol. The largest absolute Gasteiger partial charge is 0.370 e. The second kappa shape index (κ2) is 7.24. The van der Waals surface area contributed by atoms with Gasteiger partial charge in [0.15, 0.2) is 0 Å². The van der Waals surface area contributed by atoms with E-state index in [1.807, 2.05) is 6.07 Å². The first-order valence-electron chi connectivity index (χ1n) is 9.82. The van der Waals surface area contributed by atoms with Crippen molar-refractivity contribution in [1.29, 1.82) is 0 Å². The van der Waals surface area contributed by atoms with Crippen molar-refractivity contribution in [1.82, 2.24) is 9.47 Å². The zero-order chi connectivity index (χ0) is 18.3. The Morgan fingerprint density at radius 2 is 2.08 bits per heavy atom. The first-order chi connectivity index (χ1) is 12.5. The van der Waals surface area contributed by atoms with Crippen LogP contribution < -0.4 is 5.73 Å². The van der Waals surface area contributed by atoms with Gasteiger partial charge in [0.25, 0.3) is 0 Å². The molecule has 4 nitrogen and oxygen atoms in total. The van der Waals surface area contributed by atoms with Gasteiger partial charge in [0, 0.05) is 47.2 Å². The maximum absolute atomic E-state index is 11.9. The topological polar surface area (TPSA) is 51.3 Å². The van der Waals surface area contributed by atoms with Crippen molar-refractivity contribution in [3.05, 3.63) is 34.5 Å². The fourth-order valence-corrected chi connectivity index (χ4v) is 5.24. The fourth-order valence-electron chi connectivity index (χ4n) is 5.07. The number of benzene rings is 1. The summed E-state index contributed by atoms with van der Waals surface area (Å²) in [5.74, 6) is 0.327. The molecule has 1 unspecified atom stereocenters. The quantitative estimate of drug-likeness (QED) is 0.869. The standard InChI is InChI=1S/C21H28ClN3O/c1-24-10-9-16-17-11-15(22)7-8-18(17)25(20(16)13-24)19(12-21(23)26)14-5-3-2-4-6-14/h7-8,11,14,19H,2-6,9-10,12-13H2,1H3,(H2,23,26). The Morgan fingerprint density at radius 1 is 1.31 bits per heavy atom. The summed E-state index contributed by atoms with van der Waals surface area (Å²) in [5.41, 5.74) is 9.67. The van der Waals surface area contributed by atoms with Crippen LogP contribution in [0.4, 0.5) is 0 Å². The summed E-state index contributed by atoms with van der Waals surface area (Å²) in [6, 6.07) is 6.36. The maximum Gasteiger partial charge on any atom is 0.219 e. The van der Waals surface area contributed by atoms with E-state index < -0.39 is 0 Å². The molecule has 140 valence electrons. The summed E-state index contributed by atoms with van der Waals surface area (Å²) in [7, 11) is 2.17. The fraction of sp³-hybridized carbons (Fsp3) is 0.571. The van der Waals surface area contributed by atoms with E-state index in [0.29, 0.717) is 12.3 Å². The van der Waals surface area contributed by atoms with Crippen LogP contribution in [0.2, 0.25) is 5.02 Å². The van der Waals surface area contributed by atoms with Gasteiger partial charge in [0.05, 0.1) is 0 Å². The molecule has 1 saturated carbocycles. The molecule has 0 saturated heterocycles. The molecule has 0 bridgehead atoms. The summed E-state index contributed by atoms with van der Waals surface area (Å²) < 4.78 is 2.46. The predicted octanol–water partition coefficient (Wildman–Crippen LogP) is 4.28. The number of hydrogen-bond acceptors (Lipinski definition) is 2. The molecule has 1 amide bonds. The van der Waals surface area contributed by atoms with E-state index >= 15 is 0 Å². The average Bonchev–Trinajstić information content (AvgIpc) is 2.93.